The molecule has 7 heteroatoms. The summed E-state index contributed by atoms with van der Waals surface area (Å²) in [5, 5.41) is 10.6. The Bertz CT molecular complexity index is 537. The molecule has 110 valence electrons. The maximum absolute atomic E-state index is 13.0. The first-order chi connectivity index (χ1) is 9.21. The molecule has 1 aliphatic rings. The minimum atomic E-state index is -4.40. The summed E-state index contributed by atoms with van der Waals surface area (Å²) in [7, 11) is 3.42. The van der Waals surface area contributed by atoms with Gasteiger partial charge in [0.1, 0.15) is 0 Å². The van der Waals surface area contributed by atoms with Crippen molar-refractivity contribution in [1.82, 2.24) is 5.32 Å². The maximum Gasteiger partial charge on any atom is 0.416 e. The molecule has 2 N–H and O–H groups in total. The quantitative estimate of drug-likeness (QED) is 0.877. The van der Waals surface area contributed by atoms with Gasteiger partial charge in [0.05, 0.1) is 5.56 Å². The van der Waals surface area contributed by atoms with E-state index in [4.69, 9.17) is 5.41 Å². The molecule has 1 fully saturated rings. The number of nitrogens with one attached hydrogen (secondary N) is 2. The van der Waals surface area contributed by atoms with E-state index in [1.165, 1.54) is 0 Å². The second-order valence-electron chi connectivity index (χ2n) is 4.96. The lowest BCUT2D eigenvalue weighted by Gasteiger charge is -2.25. The molecule has 1 aromatic rings. The van der Waals surface area contributed by atoms with Crippen molar-refractivity contribution in [2.75, 3.05) is 37.0 Å². The van der Waals surface area contributed by atoms with E-state index in [9.17, 15) is 13.2 Å². The molecule has 0 radical (unpaired) electrons. The SMILES string of the molecule is Cc1c(N(C)C)cc(C(F)(F)F)cc1N1CCNC1=N. The molecule has 2 rings (SSSR count). The third-order valence-corrected chi connectivity index (χ3v) is 3.35. The molecule has 1 heterocycles. The van der Waals surface area contributed by atoms with Crippen LogP contribution in [0.15, 0.2) is 12.1 Å². The summed E-state index contributed by atoms with van der Waals surface area (Å²) in [5.41, 5.74) is 0.978. The molecule has 4 nitrogen and oxygen atoms in total. The van der Waals surface area contributed by atoms with Gasteiger partial charge in [-0.25, -0.2) is 0 Å². The molecule has 0 aromatic heterocycles. The summed E-state index contributed by atoms with van der Waals surface area (Å²) in [6, 6.07) is 2.26. The molecule has 0 amide bonds. The normalized spacial score (nSPS) is 15.5. The van der Waals surface area contributed by atoms with E-state index in [-0.39, 0.29) is 5.96 Å². The smallest absolute Gasteiger partial charge is 0.377 e. The minimum Gasteiger partial charge on any atom is -0.377 e. The van der Waals surface area contributed by atoms with E-state index in [1.54, 1.807) is 30.8 Å². The Morgan fingerprint density at radius 2 is 1.95 bits per heavy atom. The van der Waals surface area contributed by atoms with Crippen molar-refractivity contribution in [3.05, 3.63) is 23.3 Å². The zero-order chi connectivity index (χ0) is 15.1. The molecule has 0 saturated carbocycles. The van der Waals surface area contributed by atoms with Crippen molar-refractivity contribution >= 4 is 17.3 Å². The summed E-state index contributed by atoms with van der Waals surface area (Å²) in [4.78, 5) is 3.22. The van der Waals surface area contributed by atoms with E-state index in [1.807, 2.05) is 0 Å². The van der Waals surface area contributed by atoms with Crippen LogP contribution >= 0.6 is 0 Å². The first kappa shape index (κ1) is 14.5. The third-order valence-electron chi connectivity index (χ3n) is 3.35. The van der Waals surface area contributed by atoms with Crippen molar-refractivity contribution in [3.63, 3.8) is 0 Å². The number of guanidine groups is 1. The second-order valence-corrected chi connectivity index (χ2v) is 4.96. The van der Waals surface area contributed by atoms with Gasteiger partial charge < -0.3 is 15.1 Å². The Balaban J connectivity index is 2.60. The van der Waals surface area contributed by atoms with Crippen LogP contribution in [0.3, 0.4) is 0 Å². The fraction of sp³-hybridized carbons (Fsp3) is 0.462. The van der Waals surface area contributed by atoms with Crippen LogP contribution in [0.2, 0.25) is 0 Å². The molecular formula is C13H17F3N4. The Morgan fingerprint density at radius 3 is 2.40 bits per heavy atom. The summed E-state index contributed by atoms with van der Waals surface area (Å²) < 4.78 is 39.1. The number of rotatable bonds is 2. The number of anilines is 2. The van der Waals surface area contributed by atoms with Crippen molar-refractivity contribution in [3.8, 4) is 0 Å². The van der Waals surface area contributed by atoms with Gasteiger partial charge in [-0.05, 0) is 24.6 Å². The highest BCUT2D eigenvalue weighted by molar-refractivity contribution is 5.97. The predicted molar refractivity (Wildman–Crippen MR) is 73.6 cm³/mol. The van der Waals surface area contributed by atoms with Crippen LogP contribution in [0.1, 0.15) is 11.1 Å². The molecular weight excluding hydrogens is 269 g/mol. The monoisotopic (exact) mass is 286 g/mol. The summed E-state index contributed by atoms with van der Waals surface area (Å²) in [6.07, 6.45) is -4.40. The third kappa shape index (κ3) is 2.52. The van der Waals surface area contributed by atoms with Gasteiger partial charge in [-0.1, -0.05) is 0 Å². The van der Waals surface area contributed by atoms with Gasteiger partial charge in [0, 0.05) is 38.6 Å². The van der Waals surface area contributed by atoms with E-state index >= 15 is 0 Å². The minimum absolute atomic E-state index is 0.136. The number of alkyl halides is 3. The molecule has 1 saturated heterocycles. The molecule has 1 aromatic carbocycles. The van der Waals surface area contributed by atoms with Crippen LogP contribution in [0.5, 0.6) is 0 Å². The average Bonchev–Trinajstić information content (AvgIpc) is 2.73. The van der Waals surface area contributed by atoms with Gasteiger partial charge in [-0.2, -0.15) is 13.2 Å². The van der Waals surface area contributed by atoms with Crippen LogP contribution < -0.4 is 15.1 Å². The van der Waals surface area contributed by atoms with Crippen LogP contribution in [0.25, 0.3) is 0 Å². The van der Waals surface area contributed by atoms with Crippen molar-refractivity contribution in [2.45, 2.75) is 13.1 Å². The number of nitrogens with zero attached hydrogens (tertiary/aromatic N) is 2. The largest absolute Gasteiger partial charge is 0.416 e. The average molecular weight is 286 g/mol. The highest BCUT2D eigenvalue weighted by Gasteiger charge is 2.33. The standard InChI is InChI=1S/C13H17F3N4/c1-8-10(19(2)3)6-9(13(14,15)16)7-11(8)20-5-4-18-12(20)17/h6-7H,4-5H2,1-3H3,(H2,17,18). The number of benzene rings is 1. The molecule has 0 atom stereocenters. The van der Waals surface area contributed by atoms with E-state index < -0.39 is 11.7 Å². The van der Waals surface area contributed by atoms with Gasteiger partial charge in [0.25, 0.3) is 0 Å². The molecule has 0 bridgehead atoms. The highest BCUT2D eigenvalue weighted by atomic mass is 19.4. The fourth-order valence-corrected chi connectivity index (χ4v) is 2.33. The van der Waals surface area contributed by atoms with Crippen LogP contribution in [-0.4, -0.2) is 33.1 Å². The van der Waals surface area contributed by atoms with Gasteiger partial charge in [-0.15, -0.1) is 0 Å². The number of halogens is 3. The topological polar surface area (TPSA) is 42.4 Å². The molecule has 0 aliphatic carbocycles. The Hall–Kier alpha value is -1.92. The van der Waals surface area contributed by atoms with Crippen molar-refractivity contribution < 1.29 is 13.2 Å². The Morgan fingerprint density at radius 1 is 1.30 bits per heavy atom. The molecule has 0 unspecified atom stereocenters. The Labute approximate surface area is 115 Å². The van der Waals surface area contributed by atoms with E-state index in [0.717, 1.165) is 17.7 Å². The lowest BCUT2D eigenvalue weighted by atomic mass is 10.1. The first-order valence-corrected chi connectivity index (χ1v) is 6.21. The zero-order valence-corrected chi connectivity index (χ0v) is 11.6. The van der Waals surface area contributed by atoms with Gasteiger partial charge in [0.2, 0.25) is 0 Å². The van der Waals surface area contributed by atoms with E-state index in [2.05, 4.69) is 5.32 Å². The van der Waals surface area contributed by atoms with Gasteiger partial charge in [-0.3, -0.25) is 5.41 Å². The van der Waals surface area contributed by atoms with Crippen LogP contribution in [0.4, 0.5) is 24.5 Å². The van der Waals surface area contributed by atoms with Crippen molar-refractivity contribution in [2.24, 2.45) is 0 Å². The lowest BCUT2D eigenvalue weighted by Crippen LogP contribution is -2.30. The van der Waals surface area contributed by atoms with Crippen molar-refractivity contribution in [1.29, 1.82) is 5.41 Å². The highest BCUT2D eigenvalue weighted by Crippen LogP contribution is 2.38. The fourth-order valence-electron chi connectivity index (χ4n) is 2.33. The summed E-state index contributed by atoms with van der Waals surface area (Å²) >= 11 is 0. The first-order valence-electron chi connectivity index (χ1n) is 6.21. The lowest BCUT2D eigenvalue weighted by molar-refractivity contribution is -0.137. The summed E-state index contributed by atoms with van der Waals surface area (Å²) in [5.74, 6) is 0.136. The zero-order valence-electron chi connectivity index (χ0n) is 11.6. The second kappa shape index (κ2) is 4.88. The summed E-state index contributed by atoms with van der Waals surface area (Å²) in [6.45, 7) is 2.83. The molecule has 20 heavy (non-hydrogen) atoms. The predicted octanol–water partition coefficient (Wildman–Crippen LogP) is 2.42. The number of hydrogen-bond acceptors (Lipinski definition) is 2. The maximum atomic E-state index is 13.0. The molecule has 0 spiro atoms. The van der Waals surface area contributed by atoms with Gasteiger partial charge >= 0.3 is 6.18 Å². The van der Waals surface area contributed by atoms with Crippen LogP contribution in [-0.2, 0) is 6.18 Å². The Kier molecular flexibility index (Phi) is 3.54. The number of hydrogen-bond donors (Lipinski definition) is 2. The van der Waals surface area contributed by atoms with Crippen LogP contribution in [0, 0.1) is 12.3 Å². The molecule has 1 aliphatic heterocycles. The van der Waals surface area contributed by atoms with E-state index in [0.29, 0.717) is 24.5 Å². The van der Waals surface area contributed by atoms with Gasteiger partial charge in [0.15, 0.2) is 5.96 Å².